The first-order valence-corrected chi connectivity index (χ1v) is 6.97. The molecule has 1 aromatic heterocycles. The Bertz CT molecular complexity index is 630. The van der Waals surface area contributed by atoms with Gasteiger partial charge in [0.25, 0.3) is 0 Å². The molecule has 1 saturated heterocycles. The second-order valence-electron chi connectivity index (χ2n) is 5.13. The number of carbonyl (C=O) groups excluding carboxylic acids is 1. The molecule has 1 aliphatic heterocycles. The highest BCUT2D eigenvalue weighted by molar-refractivity contribution is 5.95. The molecule has 0 N–H and O–H groups in total. The summed E-state index contributed by atoms with van der Waals surface area (Å²) in [7, 11) is 1.59. The van der Waals surface area contributed by atoms with Gasteiger partial charge in [-0.1, -0.05) is 18.2 Å². The lowest BCUT2D eigenvalue weighted by atomic mass is 10.0. The van der Waals surface area contributed by atoms with Crippen LogP contribution in [0.3, 0.4) is 0 Å². The minimum Gasteiger partial charge on any atom is -0.480 e. The number of ether oxygens (including phenoxy) is 1. The number of hydrogen-bond acceptors (Lipinski definition) is 4. The van der Waals surface area contributed by atoms with Gasteiger partial charge in [0.05, 0.1) is 7.11 Å². The fourth-order valence-electron chi connectivity index (χ4n) is 2.71. The Morgan fingerprint density at radius 2 is 2.00 bits per heavy atom. The third kappa shape index (κ3) is 2.86. The molecule has 5 nitrogen and oxygen atoms in total. The van der Waals surface area contributed by atoms with Crippen LogP contribution in [0.4, 0.5) is 5.69 Å². The zero-order valence-corrected chi connectivity index (χ0v) is 11.9. The molecular formula is C16H17N3O2. The summed E-state index contributed by atoms with van der Waals surface area (Å²) < 4.78 is 5.22. The van der Waals surface area contributed by atoms with Gasteiger partial charge in [-0.3, -0.25) is 9.78 Å². The number of amides is 1. The van der Waals surface area contributed by atoms with E-state index in [0.717, 1.165) is 11.4 Å². The largest absolute Gasteiger partial charge is 0.480 e. The minimum atomic E-state index is 0.161. The van der Waals surface area contributed by atoms with Gasteiger partial charge in [0.15, 0.2) is 0 Å². The summed E-state index contributed by atoms with van der Waals surface area (Å²) in [6.07, 6.45) is 4.50. The molecule has 3 rings (SSSR count). The lowest BCUT2D eigenvalue weighted by Crippen LogP contribution is -2.24. The monoisotopic (exact) mass is 283 g/mol. The average molecular weight is 283 g/mol. The Balaban J connectivity index is 1.73. The molecule has 0 unspecified atom stereocenters. The average Bonchev–Trinajstić information content (AvgIpc) is 2.89. The third-order valence-electron chi connectivity index (χ3n) is 3.68. The molecule has 1 aromatic carbocycles. The van der Waals surface area contributed by atoms with Crippen molar-refractivity contribution in [3.63, 3.8) is 0 Å². The van der Waals surface area contributed by atoms with E-state index in [1.54, 1.807) is 19.5 Å². The molecule has 2 aromatic rings. The summed E-state index contributed by atoms with van der Waals surface area (Å²) in [5.74, 6) is 0.945. The number of nitrogens with zero attached hydrogens (tertiary/aromatic N) is 3. The van der Waals surface area contributed by atoms with Gasteiger partial charge in [-0.15, -0.1) is 0 Å². The van der Waals surface area contributed by atoms with Crippen molar-refractivity contribution in [2.24, 2.45) is 5.92 Å². The molecule has 1 amide bonds. The van der Waals surface area contributed by atoms with Crippen LogP contribution in [0.25, 0.3) is 0 Å². The SMILES string of the molecule is COc1nccnc1C[C@H]1CC(=O)N(c2ccccc2)C1. The highest BCUT2D eigenvalue weighted by Crippen LogP contribution is 2.28. The zero-order valence-electron chi connectivity index (χ0n) is 11.9. The Morgan fingerprint density at radius 1 is 1.24 bits per heavy atom. The van der Waals surface area contributed by atoms with Crippen LogP contribution in [0.5, 0.6) is 5.88 Å². The van der Waals surface area contributed by atoms with Crippen molar-refractivity contribution in [3.8, 4) is 5.88 Å². The van der Waals surface area contributed by atoms with Crippen molar-refractivity contribution >= 4 is 11.6 Å². The summed E-state index contributed by atoms with van der Waals surface area (Å²) in [6.45, 7) is 0.711. The maximum absolute atomic E-state index is 12.2. The summed E-state index contributed by atoms with van der Waals surface area (Å²) in [4.78, 5) is 22.5. The van der Waals surface area contributed by atoms with Crippen LogP contribution in [0.15, 0.2) is 42.7 Å². The maximum atomic E-state index is 12.2. The van der Waals surface area contributed by atoms with Gasteiger partial charge in [0.1, 0.15) is 5.69 Å². The Morgan fingerprint density at radius 3 is 2.76 bits per heavy atom. The van der Waals surface area contributed by atoms with Crippen molar-refractivity contribution < 1.29 is 9.53 Å². The molecule has 2 heterocycles. The Labute approximate surface area is 123 Å². The number of para-hydroxylation sites is 1. The van der Waals surface area contributed by atoms with Gasteiger partial charge < -0.3 is 9.64 Å². The number of aromatic nitrogens is 2. The third-order valence-corrected chi connectivity index (χ3v) is 3.68. The van der Waals surface area contributed by atoms with Gasteiger partial charge in [-0.25, -0.2) is 4.98 Å². The van der Waals surface area contributed by atoms with Crippen LogP contribution in [-0.2, 0) is 11.2 Å². The number of methoxy groups -OCH3 is 1. The summed E-state index contributed by atoms with van der Waals surface area (Å²) in [5.41, 5.74) is 1.77. The van der Waals surface area contributed by atoms with Crippen molar-refractivity contribution in [2.75, 3.05) is 18.6 Å². The first-order valence-electron chi connectivity index (χ1n) is 6.97. The van der Waals surface area contributed by atoms with E-state index in [1.807, 2.05) is 35.2 Å². The van der Waals surface area contributed by atoms with E-state index in [1.165, 1.54) is 0 Å². The van der Waals surface area contributed by atoms with Gasteiger partial charge in [-0.2, -0.15) is 0 Å². The number of carbonyl (C=O) groups is 1. The van der Waals surface area contributed by atoms with Crippen molar-refractivity contribution in [1.82, 2.24) is 9.97 Å². The van der Waals surface area contributed by atoms with Crippen LogP contribution in [0, 0.1) is 5.92 Å². The van der Waals surface area contributed by atoms with Gasteiger partial charge in [0, 0.05) is 37.5 Å². The molecule has 21 heavy (non-hydrogen) atoms. The maximum Gasteiger partial charge on any atom is 0.235 e. The van der Waals surface area contributed by atoms with Crippen molar-refractivity contribution in [3.05, 3.63) is 48.4 Å². The van der Waals surface area contributed by atoms with Crippen LogP contribution in [0.2, 0.25) is 0 Å². The Kier molecular flexibility index (Phi) is 3.81. The fraction of sp³-hybridized carbons (Fsp3) is 0.312. The molecule has 0 radical (unpaired) electrons. The highest BCUT2D eigenvalue weighted by atomic mass is 16.5. The van der Waals surface area contributed by atoms with Crippen LogP contribution in [0.1, 0.15) is 12.1 Å². The molecular weight excluding hydrogens is 266 g/mol. The lowest BCUT2D eigenvalue weighted by molar-refractivity contribution is -0.117. The smallest absolute Gasteiger partial charge is 0.235 e. The number of anilines is 1. The van der Waals surface area contributed by atoms with Crippen molar-refractivity contribution in [2.45, 2.75) is 12.8 Å². The van der Waals surface area contributed by atoms with Crippen LogP contribution >= 0.6 is 0 Å². The first kappa shape index (κ1) is 13.5. The van der Waals surface area contributed by atoms with Crippen LogP contribution in [-0.4, -0.2) is 29.5 Å². The van der Waals surface area contributed by atoms with Gasteiger partial charge in [0.2, 0.25) is 11.8 Å². The number of hydrogen-bond donors (Lipinski definition) is 0. The summed E-state index contributed by atoms with van der Waals surface area (Å²) in [5, 5.41) is 0. The van der Waals surface area contributed by atoms with Gasteiger partial charge >= 0.3 is 0 Å². The second kappa shape index (κ2) is 5.91. The van der Waals surface area contributed by atoms with Gasteiger partial charge in [-0.05, 0) is 18.1 Å². The highest BCUT2D eigenvalue weighted by Gasteiger charge is 2.31. The molecule has 5 heteroatoms. The Hall–Kier alpha value is -2.43. The molecule has 1 fully saturated rings. The molecule has 108 valence electrons. The zero-order chi connectivity index (χ0) is 14.7. The first-order chi connectivity index (χ1) is 10.3. The molecule has 0 aliphatic carbocycles. The summed E-state index contributed by atoms with van der Waals surface area (Å²) >= 11 is 0. The van der Waals surface area contributed by atoms with E-state index in [9.17, 15) is 4.79 Å². The predicted octanol–water partition coefficient (Wildman–Crippen LogP) is 2.08. The lowest BCUT2D eigenvalue weighted by Gasteiger charge is -2.16. The quantitative estimate of drug-likeness (QED) is 0.862. The normalized spacial score (nSPS) is 18.0. The van der Waals surface area contributed by atoms with Crippen LogP contribution < -0.4 is 9.64 Å². The summed E-state index contributed by atoms with van der Waals surface area (Å²) in [6, 6.07) is 9.77. The molecule has 1 aliphatic rings. The van der Waals surface area contributed by atoms with Crippen molar-refractivity contribution in [1.29, 1.82) is 0 Å². The van der Waals surface area contributed by atoms with E-state index >= 15 is 0 Å². The molecule has 0 spiro atoms. The van der Waals surface area contributed by atoms with E-state index in [2.05, 4.69) is 9.97 Å². The predicted molar refractivity (Wildman–Crippen MR) is 79.2 cm³/mol. The van der Waals surface area contributed by atoms with E-state index in [-0.39, 0.29) is 11.8 Å². The van der Waals surface area contributed by atoms with E-state index in [0.29, 0.717) is 25.3 Å². The molecule has 0 saturated carbocycles. The standard InChI is InChI=1S/C16H17N3O2/c1-21-16-14(17-7-8-18-16)9-12-10-15(20)19(11-12)13-5-3-2-4-6-13/h2-8,12H,9-11H2,1H3/t12-/m0/s1. The van der Waals surface area contributed by atoms with E-state index < -0.39 is 0 Å². The number of rotatable bonds is 4. The molecule has 1 atom stereocenters. The topological polar surface area (TPSA) is 55.3 Å². The second-order valence-corrected chi connectivity index (χ2v) is 5.13. The van der Waals surface area contributed by atoms with E-state index in [4.69, 9.17) is 4.74 Å². The fourth-order valence-corrected chi connectivity index (χ4v) is 2.71. The number of benzene rings is 1. The molecule has 0 bridgehead atoms. The minimum absolute atomic E-state index is 0.161.